The van der Waals surface area contributed by atoms with E-state index in [1.165, 1.54) is 30.4 Å². The maximum Gasteiger partial charge on any atom is 0.433 e. The number of alkyl halides is 6. The molecule has 0 aliphatic heterocycles. The highest BCUT2D eigenvalue weighted by molar-refractivity contribution is 6.06. The van der Waals surface area contributed by atoms with E-state index >= 15 is 0 Å². The second-order valence-corrected chi connectivity index (χ2v) is 7.84. The van der Waals surface area contributed by atoms with Crippen LogP contribution in [0.25, 0.3) is 16.3 Å². The van der Waals surface area contributed by atoms with Crippen molar-refractivity contribution in [1.29, 1.82) is 0 Å². The lowest BCUT2D eigenvalue weighted by Crippen LogP contribution is -2.08. The van der Waals surface area contributed by atoms with Gasteiger partial charge in [0.15, 0.2) is 0 Å². The molecule has 0 saturated carbocycles. The Bertz CT molecular complexity index is 1410. The molecule has 0 radical (unpaired) electrons. The summed E-state index contributed by atoms with van der Waals surface area (Å²) in [5, 5.41) is 4.34. The van der Waals surface area contributed by atoms with Crippen molar-refractivity contribution >= 4 is 27.9 Å². The van der Waals surface area contributed by atoms with Gasteiger partial charge >= 0.3 is 12.4 Å². The zero-order valence-electron chi connectivity index (χ0n) is 18.8. The van der Waals surface area contributed by atoms with Gasteiger partial charge in [0.2, 0.25) is 5.91 Å². The highest BCUT2D eigenvalue weighted by Crippen LogP contribution is 2.33. The second kappa shape index (κ2) is 10.3. The molecular weight excluding hydrogens is 496 g/mol. The molecule has 4 nitrogen and oxygen atoms in total. The summed E-state index contributed by atoms with van der Waals surface area (Å²) in [4.78, 5) is 20.0. The summed E-state index contributed by atoms with van der Waals surface area (Å²) in [5.74, 6) is -0.488. The Hall–Kier alpha value is -4.47. The molecule has 2 aromatic heterocycles. The number of hydrogen-bond donors (Lipinski definition) is 1. The molecule has 10 heteroatoms. The number of halogens is 6. The molecule has 1 amide bonds. The van der Waals surface area contributed by atoms with Crippen molar-refractivity contribution in [2.75, 3.05) is 5.32 Å². The van der Waals surface area contributed by atoms with Crippen LogP contribution >= 0.6 is 0 Å². The molecule has 0 fully saturated rings. The SMILES string of the molecule is O=C(/C=C/C=C(/c1ccc(C(F)(F)F)cc1)c1ccc(C(F)(F)F)nc1)Nc1cccc2cnccc12. The Kier molecular flexibility index (Phi) is 7.10. The monoisotopic (exact) mass is 513 g/mol. The van der Waals surface area contributed by atoms with Gasteiger partial charge in [0.05, 0.1) is 5.56 Å². The molecule has 0 spiro atoms. The van der Waals surface area contributed by atoms with Crippen LogP contribution in [0.1, 0.15) is 22.4 Å². The second-order valence-electron chi connectivity index (χ2n) is 7.84. The lowest BCUT2D eigenvalue weighted by atomic mass is 9.97. The van der Waals surface area contributed by atoms with Crippen LogP contribution < -0.4 is 5.32 Å². The average Bonchev–Trinajstić information content (AvgIpc) is 2.86. The molecule has 37 heavy (non-hydrogen) atoms. The van der Waals surface area contributed by atoms with E-state index in [4.69, 9.17) is 0 Å². The van der Waals surface area contributed by atoms with Crippen molar-refractivity contribution in [3.05, 3.63) is 120 Å². The summed E-state index contributed by atoms with van der Waals surface area (Å²) in [6, 6.07) is 13.1. The number of fused-ring (bicyclic) bond motifs is 1. The predicted molar refractivity (Wildman–Crippen MR) is 127 cm³/mol. The predicted octanol–water partition coefficient (Wildman–Crippen LogP) is 7.29. The zero-order valence-corrected chi connectivity index (χ0v) is 18.8. The van der Waals surface area contributed by atoms with Crippen LogP contribution in [0.5, 0.6) is 0 Å². The maximum atomic E-state index is 13.0. The summed E-state index contributed by atoms with van der Waals surface area (Å²) in [6.07, 6.45) is -1.01. The number of benzene rings is 2. The van der Waals surface area contributed by atoms with Gasteiger partial charge in [-0.05, 0) is 41.5 Å². The van der Waals surface area contributed by atoms with Crippen molar-refractivity contribution in [2.24, 2.45) is 0 Å². The number of rotatable bonds is 5. The number of carbonyl (C=O) groups excluding carboxylic acids is 1. The molecule has 4 rings (SSSR count). The third-order valence-electron chi connectivity index (χ3n) is 5.34. The maximum absolute atomic E-state index is 13.0. The number of nitrogens with one attached hydrogen (secondary N) is 1. The number of allylic oxidation sites excluding steroid dienone is 2. The van der Waals surface area contributed by atoms with E-state index in [1.807, 2.05) is 6.07 Å². The van der Waals surface area contributed by atoms with Crippen LogP contribution in [0, 0.1) is 0 Å². The van der Waals surface area contributed by atoms with Crippen LogP contribution in [0.15, 0.2) is 97.5 Å². The zero-order chi connectivity index (χ0) is 26.6. The van der Waals surface area contributed by atoms with Crippen molar-refractivity contribution < 1.29 is 31.1 Å². The summed E-state index contributed by atoms with van der Waals surface area (Å²) in [7, 11) is 0. The third kappa shape index (κ3) is 6.21. The van der Waals surface area contributed by atoms with E-state index in [0.29, 0.717) is 11.3 Å². The number of nitrogens with zero attached hydrogens (tertiary/aromatic N) is 2. The molecule has 0 unspecified atom stereocenters. The standard InChI is InChI=1S/C27H17F6N3O/c28-26(29,30)20-10-7-17(8-11-20)21(19-9-12-24(35-16-19)27(31,32)33)4-2-6-25(37)36-23-5-1-3-18-15-34-14-13-22(18)23/h1-16H,(H,36,37)/b6-2+,21-4-. The molecule has 4 aromatic rings. The molecule has 0 aliphatic rings. The van der Waals surface area contributed by atoms with Gasteiger partial charge in [0.25, 0.3) is 0 Å². The number of amides is 1. The molecule has 0 aliphatic carbocycles. The molecular formula is C27H17F6N3O. The Morgan fingerprint density at radius 3 is 2.19 bits per heavy atom. The molecule has 0 bridgehead atoms. The van der Waals surface area contributed by atoms with E-state index in [1.54, 1.807) is 30.6 Å². The Labute approximate surface area is 207 Å². The number of anilines is 1. The number of carbonyl (C=O) groups is 1. The first kappa shape index (κ1) is 25.6. The molecule has 2 heterocycles. The lowest BCUT2D eigenvalue weighted by molar-refractivity contribution is -0.141. The first-order chi connectivity index (χ1) is 17.5. The molecule has 1 N–H and O–H groups in total. The summed E-state index contributed by atoms with van der Waals surface area (Å²) < 4.78 is 77.7. The fourth-order valence-electron chi connectivity index (χ4n) is 3.56. The molecule has 2 aromatic carbocycles. The van der Waals surface area contributed by atoms with Crippen LogP contribution in [0.2, 0.25) is 0 Å². The average molecular weight is 513 g/mol. The normalized spacial score (nSPS) is 12.8. The van der Waals surface area contributed by atoms with Crippen LogP contribution in [0.3, 0.4) is 0 Å². The van der Waals surface area contributed by atoms with E-state index < -0.39 is 29.5 Å². The fourth-order valence-corrected chi connectivity index (χ4v) is 3.56. The first-order valence-corrected chi connectivity index (χ1v) is 10.8. The minimum absolute atomic E-state index is 0.222. The van der Waals surface area contributed by atoms with Gasteiger partial charge in [0.1, 0.15) is 5.69 Å². The highest BCUT2D eigenvalue weighted by atomic mass is 19.4. The van der Waals surface area contributed by atoms with Crippen molar-refractivity contribution in [3.63, 3.8) is 0 Å². The third-order valence-corrected chi connectivity index (χ3v) is 5.34. The largest absolute Gasteiger partial charge is 0.433 e. The van der Waals surface area contributed by atoms with Crippen molar-refractivity contribution in [3.8, 4) is 0 Å². The molecule has 0 saturated heterocycles. The summed E-state index contributed by atoms with van der Waals surface area (Å²) in [6.45, 7) is 0. The van der Waals surface area contributed by atoms with E-state index in [9.17, 15) is 31.1 Å². The van der Waals surface area contributed by atoms with Gasteiger partial charge in [-0.25, -0.2) is 0 Å². The van der Waals surface area contributed by atoms with Gasteiger partial charge in [-0.15, -0.1) is 0 Å². The van der Waals surface area contributed by atoms with Gasteiger partial charge in [0, 0.05) is 46.7 Å². The minimum atomic E-state index is -4.65. The molecule has 0 atom stereocenters. The number of pyridine rings is 2. The van der Waals surface area contributed by atoms with Gasteiger partial charge in [-0.3, -0.25) is 14.8 Å². The molecule has 188 valence electrons. The summed E-state index contributed by atoms with van der Waals surface area (Å²) in [5.41, 5.74) is -0.645. The topological polar surface area (TPSA) is 54.9 Å². The lowest BCUT2D eigenvalue weighted by Gasteiger charge is -2.12. The fraction of sp³-hybridized carbons (Fsp3) is 0.0741. The Balaban J connectivity index is 1.63. The van der Waals surface area contributed by atoms with E-state index in [-0.39, 0.29) is 11.1 Å². The van der Waals surface area contributed by atoms with Crippen LogP contribution in [-0.4, -0.2) is 15.9 Å². The van der Waals surface area contributed by atoms with Crippen molar-refractivity contribution in [1.82, 2.24) is 9.97 Å². The Morgan fingerprint density at radius 1 is 0.811 bits per heavy atom. The van der Waals surface area contributed by atoms with Crippen LogP contribution in [-0.2, 0) is 17.1 Å². The van der Waals surface area contributed by atoms with Gasteiger partial charge in [-0.1, -0.05) is 42.5 Å². The van der Waals surface area contributed by atoms with Gasteiger partial charge < -0.3 is 5.32 Å². The van der Waals surface area contributed by atoms with Crippen LogP contribution in [0.4, 0.5) is 32.0 Å². The Morgan fingerprint density at radius 2 is 1.54 bits per heavy atom. The number of hydrogen-bond acceptors (Lipinski definition) is 3. The van der Waals surface area contributed by atoms with E-state index in [2.05, 4.69) is 15.3 Å². The first-order valence-electron chi connectivity index (χ1n) is 10.8. The van der Waals surface area contributed by atoms with E-state index in [0.717, 1.165) is 41.2 Å². The number of aromatic nitrogens is 2. The van der Waals surface area contributed by atoms with Gasteiger partial charge in [-0.2, -0.15) is 26.3 Å². The van der Waals surface area contributed by atoms with Crippen molar-refractivity contribution in [2.45, 2.75) is 12.4 Å². The highest BCUT2D eigenvalue weighted by Gasteiger charge is 2.32. The minimum Gasteiger partial charge on any atom is -0.322 e. The summed E-state index contributed by atoms with van der Waals surface area (Å²) >= 11 is 0. The quantitative estimate of drug-likeness (QED) is 0.173. The smallest absolute Gasteiger partial charge is 0.322 e.